The number of nitrogens with zero attached hydrogens (tertiary/aromatic N) is 2. The van der Waals surface area contributed by atoms with Crippen LogP contribution in [0.1, 0.15) is 20.3 Å². The van der Waals surface area contributed by atoms with Gasteiger partial charge in [-0.2, -0.15) is 0 Å². The molecule has 18 heavy (non-hydrogen) atoms. The molecule has 1 N–H and O–H groups in total. The summed E-state index contributed by atoms with van der Waals surface area (Å²) in [5.41, 5.74) is 0. The van der Waals surface area contributed by atoms with Crippen LogP contribution >= 0.6 is 0 Å². The van der Waals surface area contributed by atoms with Gasteiger partial charge in [-0.3, -0.25) is 0 Å². The molecule has 1 fully saturated rings. The molecule has 3 unspecified atom stereocenters. The lowest BCUT2D eigenvalue weighted by atomic mass is 10.0. The van der Waals surface area contributed by atoms with Crippen molar-refractivity contribution in [2.24, 2.45) is 5.92 Å². The molecule has 1 aliphatic rings. The van der Waals surface area contributed by atoms with Crippen LogP contribution in [-0.4, -0.2) is 66.3 Å². The molecular formula is C12H22N2O4. The van der Waals surface area contributed by atoms with Crippen molar-refractivity contribution in [2.45, 2.75) is 32.4 Å². The number of likely N-dealkylation sites (N-methyl/N-ethyl adjacent to an activating group) is 1. The van der Waals surface area contributed by atoms with Crippen molar-refractivity contribution in [3.05, 3.63) is 0 Å². The molecule has 0 saturated carbocycles. The van der Waals surface area contributed by atoms with Crippen LogP contribution in [0, 0.1) is 5.92 Å². The van der Waals surface area contributed by atoms with E-state index in [1.54, 1.807) is 14.2 Å². The first-order valence-corrected chi connectivity index (χ1v) is 6.15. The zero-order valence-corrected chi connectivity index (χ0v) is 11.4. The molecule has 6 nitrogen and oxygen atoms in total. The normalized spacial score (nSPS) is 25.0. The van der Waals surface area contributed by atoms with Gasteiger partial charge in [0.05, 0.1) is 12.6 Å². The highest BCUT2D eigenvalue weighted by Gasteiger charge is 2.41. The number of hydrogen-bond acceptors (Lipinski definition) is 3. The molecule has 2 amide bonds. The molecule has 1 heterocycles. The van der Waals surface area contributed by atoms with Crippen LogP contribution in [0.2, 0.25) is 0 Å². The number of carboxylic acids is 1. The summed E-state index contributed by atoms with van der Waals surface area (Å²) in [4.78, 5) is 26.4. The van der Waals surface area contributed by atoms with Crippen molar-refractivity contribution in [3.8, 4) is 0 Å². The lowest BCUT2D eigenvalue weighted by molar-refractivity contribution is -0.142. The zero-order valence-electron chi connectivity index (χ0n) is 11.4. The molecule has 0 aromatic carbocycles. The Bertz CT molecular complexity index is 321. The number of ether oxygens (including phenoxy) is 1. The van der Waals surface area contributed by atoms with E-state index in [4.69, 9.17) is 4.74 Å². The van der Waals surface area contributed by atoms with E-state index >= 15 is 0 Å². The van der Waals surface area contributed by atoms with Crippen molar-refractivity contribution in [1.82, 2.24) is 9.80 Å². The second-order valence-electron chi connectivity index (χ2n) is 4.94. The number of carboxylic acid groups (broad SMARTS) is 1. The van der Waals surface area contributed by atoms with E-state index in [-0.39, 0.29) is 18.0 Å². The van der Waals surface area contributed by atoms with Crippen molar-refractivity contribution in [2.75, 3.05) is 27.3 Å². The minimum absolute atomic E-state index is 0.00224. The van der Waals surface area contributed by atoms with Gasteiger partial charge in [0.1, 0.15) is 6.04 Å². The Hall–Kier alpha value is -1.30. The molecule has 1 saturated heterocycles. The smallest absolute Gasteiger partial charge is 0.326 e. The third-order valence-electron chi connectivity index (χ3n) is 3.57. The van der Waals surface area contributed by atoms with Crippen LogP contribution in [0.3, 0.4) is 0 Å². The summed E-state index contributed by atoms with van der Waals surface area (Å²) in [6, 6.07) is -1.03. The summed E-state index contributed by atoms with van der Waals surface area (Å²) >= 11 is 0. The highest BCUT2D eigenvalue weighted by Crippen LogP contribution is 2.25. The van der Waals surface area contributed by atoms with E-state index in [2.05, 4.69) is 0 Å². The van der Waals surface area contributed by atoms with E-state index in [0.29, 0.717) is 13.2 Å². The van der Waals surface area contributed by atoms with Crippen molar-refractivity contribution in [1.29, 1.82) is 0 Å². The average Bonchev–Trinajstić information content (AvgIpc) is 2.69. The fourth-order valence-corrected chi connectivity index (χ4v) is 2.28. The van der Waals surface area contributed by atoms with Gasteiger partial charge in [0.15, 0.2) is 0 Å². The Morgan fingerprint density at radius 2 is 2.17 bits per heavy atom. The predicted octanol–water partition coefficient (Wildman–Crippen LogP) is 0.868. The van der Waals surface area contributed by atoms with Crippen LogP contribution in [-0.2, 0) is 9.53 Å². The summed E-state index contributed by atoms with van der Waals surface area (Å²) in [5.74, 6) is -0.932. The highest BCUT2D eigenvalue weighted by atomic mass is 16.5. The summed E-state index contributed by atoms with van der Waals surface area (Å²) in [5, 5.41) is 9.19. The van der Waals surface area contributed by atoms with Crippen LogP contribution in [0.15, 0.2) is 0 Å². The maximum Gasteiger partial charge on any atom is 0.326 e. The molecule has 0 radical (unpaired) electrons. The Morgan fingerprint density at radius 3 is 2.67 bits per heavy atom. The van der Waals surface area contributed by atoms with Crippen LogP contribution in [0.25, 0.3) is 0 Å². The highest BCUT2D eigenvalue weighted by molar-refractivity contribution is 5.83. The molecule has 0 bridgehead atoms. The summed E-state index contributed by atoms with van der Waals surface area (Å²) in [7, 11) is 3.25. The fraction of sp³-hybridized carbons (Fsp3) is 0.833. The number of amides is 2. The lowest BCUT2D eigenvalue weighted by Crippen LogP contribution is -2.51. The number of likely N-dealkylation sites (tertiary alicyclic amines) is 1. The van der Waals surface area contributed by atoms with Gasteiger partial charge in [-0.15, -0.1) is 0 Å². The SMILES string of the molecule is COCC(C)N(C)C(=O)N1CCC(C)C1C(=O)O. The monoisotopic (exact) mass is 258 g/mol. The maximum absolute atomic E-state index is 12.3. The van der Waals surface area contributed by atoms with E-state index < -0.39 is 12.0 Å². The van der Waals surface area contributed by atoms with Gasteiger partial charge >= 0.3 is 12.0 Å². The Kier molecular flexibility index (Phi) is 4.95. The minimum Gasteiger partial charge on any atom is -0.480 e. The van der Waals surface area contributed by atoms with Gasteiger partial charge in [0.25, 0.3) is 0 Å². The number of carbonyl (C=O) groups is 2. The van der Waals surface area contributed by atoms with E-state index in [9.17, 15) is 14.7 Å². The van der Waals surface area contributed by atoms with Gasteiger partial charge in [-0.05, 0) is 19.3 Å². The first-order chi connectivity index (χ1) is 8.40. The molecule has 1 aliphatic heterocycles. The third kappa shape index (κ3) is 2.93. The van der Waals surface area contributed by atoms with Gasteiger partial charge in [0, 0.05) is 20.7 Å². The topological polar surface area (TPSA) is 70.1 Å². The molecular weight excluding hydrogens is 236 g/mol. The molecule has 1 rings (SSSR count). The second-order valence-corrected chi connectivity index (χ2v) is 4.94. The molecule has 6 heteroatoms. The number of carbonyl (C=O) groups excluding carboxylic acids is 1. The van der Waals surface area contributed by atoms with E-state index in [1.807, 2.05) is 13.8 Å². The molecule has 0 aromatic heterocycles. The van der Waals surface area contributed by atoms with Crippen molar-refractivity contribution in [3.63, 3.8) is 0 Å². The van der Waals surface area contributed by atoms with E-state index in [1.165, 1.54) is 9.80 Å². The standard InChI is InChI=1S/C12H22N2O4/c1-8-5-6-14(10(8)11(15)16)12(17)13(3)9(2)7-18-4/h8-10H,5-7H2,1-4H3,(H,15,16). The number of aliphatic carboxylic acids is 1. The van der Waals surface area contributed by atoms with Crippen LogP contribution in [0.5, 0.6) is 0 Å². The lowest BCUT2D eigenvalue weighted by Gasteiger charge is -2.31. The molecule has 0 aliphatic carbocycles. The van der Waals surface area contributed by atoms with Gasteiger partial charge in [-0.25, -0.2) is 9.59 Å². The molecule has 104 valence electrons. The summed E-state index contributed by atoms with van der Waals surface area (Å²) in [6.07, 6.45) is 0.731. The van der Waals surface area contributed by atoms with Crippen molar-refractivity contribution >= 4 is 12.0 Å². The zero-order chi connectivity index (χ0) is 13.9. The van der Waals surface area contributed by atoms with Gasteiger partial charge in [-0.1, -0.05) is 6.92 Å². The first-order valence-electron chi connectivity index (χ1n) is 6.15. The first kappa shape index (κ1) is 14.8. The number of rotatable bonds is 4. The number of urea groups is 1. The molecule has 0 spiro atoms. The fourth-order valence-electron chi connectivity index (χ4n) is 2.28. The van der Waals surface area contributed by atoms with Crippen LogP contribution in [0.4, 0.5) is 4.79 Å². The Labute approximate surface area is 107 Å². The van der Waals surface area contributed by atoms with E-state index in [0.717, 1.165) is 6.42 Å². The second kappa shape index (κ2) is 6.04. The minimum atomic E-state index is -0.929. The summed E-state index contributed by atoms with van der Waals surface area (Å²) in [6.45, 7) is 4.67. The Morgan fingerprint density at radius 1 is 1.56 bits per heavy atom. The average molecular weight is 258 g/mol. The number of hydrogen-bond donors (Lipinski definition) is 1. The number of methoxy groups -OCH3 is 1. The largest absolute Gasteiger partial charge is 0.480 e. The Balaban J connectivity index is 2.74. The van der Waals surface area contributed by atoms with Gasteiger partial charge < -0.3 is 19.6 Å². The summed E-state index contributed by atoms with van der Waals surface area (Å²) < 4.78 is 5.00. The molecule has 0 aromatic rings. The third-order valence-corrected chi connectivity index (χ3v) is 3.57. The van der Waals surface area contributed by atoms with Gasteiger partial charge in [0.2, 0.25) is 0 Å². The maximum atomic E-state index is 12.3. The predicted molar refractivity (Wildman–Crippen MR) is 66.4 cm³/mol. The van der Waals surface area contributed by atoms with Crippen LogP contribution < -0.4 is 0 Å². The molecule has 3 atom stereocenters. The van der Waals surface area contributed by atoms with Crippen molar-refractivity contribution < 1.29 is 19.4 Å². The quantitative estimate of drug-likeness (QED) is 0.812.